The summed E-state index contributed by atoms with van der Waals surface area (Å²) in [6, 6.07) is 0. The van der Waals surface area contributed by atoms with Gasteiger partial charge in [-0.2, -0.15) is 0 Å². The Labute approximate surface area is 66.5 Å². The summed E-state index contributed by atoms with van der Waals surface area (Å²) in [5, 5.41) is 0. The van der Waals surface area contributed by atoms with E-state index in [2.05, 4.69) is 0 Å². The van der Waals surface area contributed by atoms with E-state index in [-0.39, 0.29) is 19.5 Å². The summed E-state index contributed by atoms with van der Waals surface area (Å²) >= 11 is 0. The maximum Gasteiger partial charge on any atom is 2.00 e. The Kier molecular flexibility index (Phi) is 2.95. The molecule has 0 saturated carbocycles. The number of hydrogen-bond acceptors (Lipinski definition) is 3. The molecular formula is C3H3N3O3Zn+2. The molecular weight excluding hydrogens is 191 g/mol. The summed E-state index contributed by atoms with van der Waals surface area (Å²) in [4.78, 5) is 35.9. The van der Waals surface area contributed by atoms with E-state index in [1.165, 1.54) is 0 Å². The van der Waals surface area contributed by atoms with E-state index in [0.717, 1.165) is 0 Å². The number of nitrogens with one attached hydrogen (secondary N) is 3. The predicted molar refractivity (Wildman–Crippen MR) is 28.3 cm³/mol. The quantitative estimate of drug-likeness (QED) is 0.407. The van der Waals surface area contributed by atoms with Crippen LogP contribution in [0.15, 0.2) is 14.4 Å². The third-order valence-electron chi connectivity index (χ3n) is 0.681. The molecule has 0 fully saturated rings. The molecule has 3 N–H and O–H groups in total. The van der Waals surface area contributed by atoms with Crippen LogP contribution in [0, 0.1) is 0 Å². The summed E-state index contributed by atoms with van der Waals surface area (Å²) < 4.78 is 0. The van der Waals surface area contributed by atoms with Crippen LogP contribution in [0.4, 0.5) is 0 Å². The number of aromatic nitrogens is 3. The Balaban J connectivity index is 0.000000810. The van der Waals surface area contributed by atoms with Gasteiger partial charge in [0.2, 0.25) is 0 Å². The Bertz CT molecular complexity index is 281. The summed E-state index contributed by atoms with van der Waals surface area (Å²) in [6.07, 6.45) is 0. The van der Waals surface area contributed by atoms with E-state index >= 15 is 0 Å². The first-order valence-corrected chi connectivity index (χ1v) is 2.11. The van der Waals surface area contributed by atoms with Crippen molar-refractivity contribution in [3.63, 3.8) is 0 Å². The maximum absolute atomic E-state index is 10.2. The average molecular weight is 194 g/mol. The van der Waals surface area contributed by atoms with Gasteiger partial charge in [0, 0.05) is 0 Å². The van der Waals surface area contributed by atoms with Crippen LogP contribution in [0.3, 0.4) is 0 Å². The van der Waals surface area contributed by atoms with Gasteiger partial charge < -0.3 is 0 Å². The SMILES string of the molecule is O=c1[nH]c(=O)[nH]c(=O)[nH]1.[Zn+2]. The Morgan fingerprint density at radius 2 is 0.900 bits per heavy atom. The molecule has 0 spiro atoms. The molecule has 0 unspecified atom stereocenters. The van der Waals surface area contributed by atoms with E-state index in [1.807, 2.05) is 0 Å². The van der Waals surface area contributed by atoms with Crippen LogP contribution < -0.4 is 17.1 Å². The summed E-state index contributed by atoms with van der Waals surface area (Å²) in [7, 11) is 0. The molecule has 0 aliphatic rings. The zero-order chi connectivity index (χ0) is 6.85. The largest absolute Gasteiger partial charge is 2.00 e. The van der Waals surface area contributed by atoms with E-state index in [9.17, 15) is 14.4 Å². The molecule has 7 heteroatoms. The molecule has 0 radical (unpaired) electrons. The third kappa shape index (κ3) is 2.10. The molecule has 1 rings (SSSR count). The number of H-pyrrole nitrogens is 3. The fraction of sp³-hybridized carbons (Fsp3) is 0. The maximum atomic E-state index is 10.2. The molecule has 1 aromatic rings. The molecule has 0 aliphatic heterocycles. The van der Waals surface area contributed by atoms with Gasteiger partial charge in [-0.3, -0.25) is 15.0 Å². The minimum Gasteiger partial charge on any atom is -0.259 e. The number of aromatic amines is 3. The second-order valence-electron chi connectivity index (χ2n) is 1.36. The normalized spacial score (nSPS) is 8.40. The van der Waals surface area contributed by atoms with Gasteiger partial charge in [-0.25, -0.2) is 14.4 Å². The molecule has 0 atom stereocenters. The fourth-order valence-electron chi connectivity index (χ4n) is 0.403. The van der Waals surface area contributed by atoms with Crippen molar-refractivity contribution in [2.75, 3.05) is 0 Å². The van der Waals surface area contributed by atoms with Crippen LogP contribution in [-0.2, 0) is 19.5 Å². The van der Waals surface area contributed by atoms with E-state index in [4.69, 9.17) is 0 Å². The molecule has 1 aromatic heterocycles. The van der Waals surface area contributed by atoms with Crippen molar-refractivity contribution in [1.29, 1.82) is 0 Å². The monoisotopic (exact) mass is 193 g/mol. The molecule has 0 bridgehead atoms. The molecule has 0 aromatic carbocycles. The summed E-state index contributed by atoms with van der Waals surface area (Å²) in [5.41, 5.74) is -2.41. The second-order valence-corrected chi connectivity index (χ2v) is 1.36. The molecule has 0 amide bonds. The van der Waals surface area contributed by atoms with Crippen molar-refractivity contribution in [2.24, 2.45) is 0 Å². The van der Waals surface area contributed by atoms with Crippen molar-refractivity contribution < 1.29 is 19.5 Å². The Hall–Kier alpha value is -0.967. The van der Waals surface area contributed by atoms with Crippen LogP contribution in [0.5, 0.6) is 0 Å². The third-order valence-corrected chi connectivity index (χ3v) is 0.681. The van der Waals surface area contributed by atoms with Gasteiger partial charge >= 0.3 is 36.5 Å². The van der Waals surface area contributed by atoms with Gasteiger partial charge in [0.1, 0.15) is 0 Å². The van der Waals surface area contributed by atoms with Gasteiger partial charge in [-0.05, 0) is 0 Å². The second kappa shape index (κ2) is 3.26. The van der Waals surface area contributed by atoms with Gasteiger partial charge in [-0.15, -0.1) is 0 Å². The van der Waals surface area contributed by atoms with E-state index in [0.29, 0.717) is 0 Å². The molecule has 10 heavy (non-hydrogen) atoms. The van der Waals surface area contributed by atoms with Crippen LogP contribution >= 0.6 is 0 Å². The Morgan fingerprint density at radius 1 is 0.700 bits per heavy atom. The van der Waals surface area contributed by atoms with Gasteiger partial charge in [0.15, 0.2) is 0 Å². The average Bonchev–Trinajstić information content (AvgIpc) is 1.59. The van der Waals surface area contributed by atoms with Crippen LogP contribution in [0.25, 0.3) is 0 Å². The first-order chi connectivity index (χ1) is 4.18. The summed E-state index contributed by atoms with van der Waals surface area (Å²) in [5.74, 6) is 0. The molecule has 0 saturated heterocycles. The Morgan fingerprint density at radius 3 is 1.10 bits per heavy atom. The van der Waals surface area contributed by atoms with Crippen LogP contribution in [-0.4, -0.2) is 15.0 Å². The summed E-state index contributed by atoms with van der Waals surface area (Å²) in [6.45, 7) is 0. The minimum absolute atomic E-state index is 0. The van der Waals surface area contributed by atoms with Crippen molar-refractivity contribution in [3.05, 3.63) is 31.5 Å². The van der Waals surface area contributed by atoms with E-state index in [1.54, 1.807) is 15.0 Å². The van der Waals surface area contributed by atoms with Gasteiger partial charge in [0.25, 0.3) is 0 Å². The number of hydrogen-bond donors (Lipinski definition) is 3. The van der Waals surface area contributed by atoms with Crippen LogP contribution in [0.2, 0.25) is 0 Å². The zero-order valence-electron chi connectivity index (χ0n) is 4.93. The topological polar surface area (TPSA) is 98.6 Å². The number of rotatable bonds is 0. The molecule has 0 aliphatic carbocycles. The predicted octanol–water partition coefficient (Wildman–Crippen LogP) is -2.25. The van der Waals surface area contributed by atoms with Gasteiger partial charge in [-0.1, -0.05) is 0 Å². The molecule has 6 nitrogen and oxygen atoms in total. The van der Waals surface area contributed by atoms with Crippen molar-refractivity contribution >= 4 is 0 Å². The standard InChI is InChI=1S/C3H3N3O3.Zn/c7-1-4-2(8)6-3(9)5-1;/h(H3,4,5,6,7,8,9);/q;+2. The molecule has 48 valence electrons. The zero-order valence-corrected chi connectivity index (χ0v) is 7.90. The smallest absolute Gasteiger partial charge is 0.259 e. The first kappa shape index (κ1) is 9.03. The first-order valence-electron chi connectivity index (χ1n) is 2.11. The van der Waals surface area contributed by atoms with Crippen molar-refractivity contribution in [3.8, 4) is 0 Å². The molecule has 1 heterocycles. The van der Waals surface area contributed by atoms with E-state index < -0.39 is 17.1 Å². The van der Waals surface area contributed by atoms with Gasteiger partial charge in [0.05, 0.1) is 0 Å². The van der Waals surface area contributed by atoms with Crippen LogP contribution in [0.1, 0.15) is 0 Å². The van der Waals surface area contributed by atoms with Crippen molar-refractivity contribution in [1.82, 2.24) is 15.0 Å². The fourth-order valence-corrected chi connectivity index (χ4v) is 0.403. The minimum atomic E-state index is -0.802. The van der Waals surface area contributed by atoms with Crippen molar-refractivity contribution in [2.45, 2.75) is 0 Å².